The van der Waals surface area contributed by atoms with Gasteiger partial charge in [-0.2, -0.15) is 13.2 Å². The minimum Gasteiger partial charge on any atom is -0.325 e. The number of imidazole rings is 1. The highest BCUT2D eigenvalue weighted by Crippen LogP contribution is 2.26. The van der Waals surface area contributed by atoms with Gasteiger partial charge >= 0.3 is 6.18 Å². The van der Waals surface area contributed by atoms with E-state index in [2.05, 4.69) is 4.98 Å². The molecule has 0 amide bonds. The van der Waals surface area contributed by atoms with E-state index in [1.165, 1.54) is 6.20 Å². The lowest BCUT2D eigenvalue weighted by Crippen LogP contribution is -2.11. The molecule has 0 atom stereocenters. The summed E-state index contributed by atoms with van der Waals surface area (Å²) in [6, 6.07) is 0. The topological polar surface area (TPSA) is 17.8 Å². The molecule has 0 spiro atoms. The maximum absolute atomic E-state index is 11.9. The van der Waals surface area contributed by atoms with E-state index in [9.17, 15) is 13.2 Å². The monoisotopic (exact) mass is 244 g/mol. The van der Waals surface area contributed by atoms with Crippen LogP contribution in [0, 0.1) is 0 Å². The quantitative estimate of drug-likeness (QED) is 0.601. The first-order valence-electron chi connectivity index (χ1n) is 3.70. The van der Waals surface area contributed by atoms with Gasteiger partial charge in [-0.1, -0.05) is 11.8 Å². The third kappa shape index (κ3) is 3.09. The molecule has 0 aliphatic rings. The van der Waals surface area contributed by atoms with Gasteiger partial charge in [0, 0.05) is 7.05 Å². The summed E-state index contributed by atoms with van der Waals surface area (Å²) in [5.74, 6) is -0.685. The van der Waals surface area contributed by atoms with E-state index in [-0.39, 0.29) is 5.88 Å². The van der Waals surface area contributed by atoms with Crippen LogP contribution in [0.1, 0.15) is 5.69 Å². The molecule has 0 aromatic carbocycles. The van der Waals surface area contributed by atoms with Crippen LogP contribution >= 0.6 is 23.4 Å². The molecule has 1 rings (SSSR count). The molecule has 0 radical (unpaired) electrons. The van der Waals surface area contributed by atoms with E-state index < -0.39 is 11.9 Å². The average molecular weight is 245 g/mol. The molecule has 0 saturated carbocycles. The number of rotatable bonds is 3. The highest BCUT2D eigenvalue weighted by Gasteiger charge is 2.28. The molecule has 80 valence electrons. The molecule has 0 fully saturated rings. The largest absolute Gasteiger partial charge is 0.398 e. The van der Waals surface area contributed by atoms with Crippen molar-refractivity contribution in [1.29, 1.82) is 0 Å². The Morgan fingerprint density at radius 2 is 2.21 bits per heavy atom. The molecule has 1 aromatic heterocycles. The van der Waals surface area contributed by atoms with Crippen molar-refractivity contribution in [2.24, 2.45) is 7.05 Å². The van der Waals surface area contributed by atoms with Crippen molar-refractivity contribution in [3.63, 3.8) is 0 Å². The van der Waals surface area contributed by atoms with Crippen molar-refractivity contribution in [3.05, 3.63) is 11.9 Å². The van der Waals surface area contributed by atoms with Crippen molar-refractivity contribution in [2.45, 2.75) is 17.2 Å². The Labute approximate surface area is 88.5 Å². The van der Waals surface area contributed by atoms with Crippen LogP contribution in [0.15, 0.2) is 11.4 Å². The van der Waals surface area contributed by atoms with Crippen LogP contribution in [-0.4, -0.2) is 21.5 Å². The Bertz CT molecular complexity index is 310. The van der Waals surface area contributed by atoms with Crippen LogP contribution in [0.2, 0.25) is 0 Å². The number of nitrogens with zero attached hydrogens (tertiary/aromatic N) is 2. The summed E-state index contributed by atoms with van der Waals surface area (Å²) in [6.45, 7) is 0. The van der Waals surface area contributed by atoms with Crippen LogP contribution in [0.4, 0.5) is 13.2 Å². The molecule has 1 heterocycles. The fourth-order valence-electron chi connectivity index (χ4n) is 0.830. The Kier molecular flexibility index (Phi) is 3.71. The molecule has 14 heavy (non-hydrogen) atoms. The molecular weight excluding hydrogens is 237 g/mol. The second-order valence-corrected chi connectivity index (χ2v) is 3.84. The van der Waals surface area contributed by atoms with Gasteiger partial charge < -0.3 is 4.57 Å². The minimum absolute atomic E-state index is 0.246. The Hall–Kier alpha value is -0.360. The predicted molar refractivity (Wildman–Crippen MR) is 49.5 cm³/mol. The highest BCUT2D eigenvalue weighted by atomic mass is 35.5. The number of thioether (sulfide) groups is 1. The summed E-state index contributed by atoms with van der Waals surface area (Å²) in [7, 11) is 1.64. The van der Waals surface area contributed by atoms with E-state index in [1.54, 1.807) is 11.6 Å². The van der Waals surface area contributed by atoms with E-state index in [0.29, 0.717) is 22.6 Å². The summed E-state index contributed by atoms with van der Waals surface area (Å²) < 4.78 is 37.2. The second-order valence-electron chi connectivity index (χ2n) is 2.63. The Morgan fingerprint density at radius 3 is 2.64 bits per heavy atom. The number of hydrogen-bond acceptors (Lipinski definition) is 2. The lowest BCUT2D eigenvalue weighted by Gasteiger charge is -2.06. The Balaban J connectivity index is 2.64. The fraction of sp³-hybridized carbons (Fsp3) is 0.571. The molecule has 0 bridgehead atoms. The second kappa shape index (κ2) is 4.44. The van der Waals surface area contributed by atoms with Crippen molar-refractivity contribution >= 4 is 23.4 Å². The van der Waals surface area contributed by atoms with Crippen molar-refractivity contribution in [2.75, 3.05) is 5.75 Å². The standard InChI is InChI=1S/C7H8ClF3N2S/c1-13-5(2-8)3-12-6(13)14-4-7(9,10)11/h3H,2,4H2,1H3. The smallest absolute Gasteiger partial charge is 0.325 e. The Morgan fingerprint density at radius 1 is 1.57 bits per heavy atom. The molecule has 2 nitrogen and oxygen atoms in total. The maximum atomic E-state index is 11.9. The van der Waals surface area contributed by atoms with Gasteiger partial charge in [0.05, 0.1) is 23.5 Å². The van der Waals surface area contributed by atoms with E-state index in [1.807, 2.05) is 0 Å². The summed E-state index contributed by atoms with van der Waals surface area (Å²) in [5.41, 5.74) is 0.705. The van der Waals surface area contributed by atoms with Crippen molar-refractivity contribution in [1.82, 2.24) is 9.55 Å². The predicted octanol–water partition coefficient (Wildman–Crippen LogP) is 2.81. The summed E-state index contributed by atoms with van der Waals surface area (Å²) in [5, 5.41) is 0.331. The van der Waals surface area contributed by atoms with Gasteiger partial charge in [0.2, 0.25) is 0 Å². The molecule has 7 heteroatoms. The average Bonchev–Trinajstić information content (AvgIpc) is 2.42. The third-order valence-electron chi connectivity index (χ3n) is 1.54. The summed E-state index contributed by atoms with van der Waals surface area (Å²) >= 11 is 6.20. The van der Waals surface area contributed by atoms with Crippen LogP contribution in [0.25, 0.3) is 0 Å². The van der Waals surface area contributed by atoms with E-state index in [4.69, 9.17) is 11.6 Å². The molecule has 0 N–H and O–H groups in total. The molecule has 1 aromatic rings. The van der Waals surface area contributed by atoms with Crippen LogP contribution < -0.4 is 0 Å². The van der Waals surface area contributed by atoms with Gasteiger partial charge in [-0.15, -0.1) is 11.6 Å². The van der Waals surface area contributed by atoms with Crippen LogP contribution in [0.3, 0.4) is 0 Å². The first-order chi connectivity index (χ1) is 6.44. The van der Waals surface area contributed by atoms with Gasteiger partial charge in [0.1, 0.15) is 0 Å². The zero-order valence-electron chi connectivity index (χ0n) is 7.31. The normalized spacial score (nSPS) is 12.1. The number of halogens is 4. The third-order valence-corrected chi connectivity index (χ3v) is 2.93. The van der Waals surface area contributed by atoms with Gasteiger partial charge in [-0.05, 0) is 0 Å². The highest BCUT2D eigenvalue weighted by molar-refractivity contribution is 7.99. The summed E-state index contributed by atoms with van der Waals surface area (Å²) in [6.07, 6.45) is -2.69. The van der Waals surface area contributed by atoms with Crippen molar-refractivity contribution in [3.8, 4) is 0 Å². The number of hydrogen-bond donors (Lipinski definition) is 0. The van der Waals surface area contributed by atoms with Crippen LogP contribution in [-0.2, 0) is 12.9 Å². The lowest BCUT2D eigenvalue weighted by atomic mass is 10.5. The maximum Gasteiger partial charge on any atom is 0.398 e. The molecular formula is C7H8ClF3N2S. The van der Waals surface area contributed by atoms with Gasteiger partial charge in [-0.25, -0.2) is 4.98 Å². The van der Waals surface area contributed by atoms with E-state index >= 15 is 0 Å². The zero-order valence-corrected chi connectivity index (χ0v) is 8.88. The first-order valence-corrected chi connectivity index (χ1v) is 5.22. The lowest BCUT2D eigenvalue weighted by molar-refractivity contribution is -0.105. The number of aromatic nitrogens is 2. The van der Waals surface area contributed by atoms with Gasteiger partial charge in [0.25, 0.3) is 0 Å². The summed E-state index contributed by atoms with van der Waals surface area (Å²) in [4.78, 5) is 3.83. The zero-order chi connectivity index (χ0) is 10.8. The van der Waals surface area contributed by atoms with Crippen molar-refractivity contribution < 1.29 is 13.2 Å². The van der Waals surface area contributed by atoms with Gasteiger partial charge in [0.15, 0.2) is 5.16 Å². The molecule has 0 unspecified atom stereocenters. The van der Waals surface area contributed by atoms with Gasteiger partial charge in [-0.3, -0.25) is 0 Å². The SMILES string of the molecule is Cn1c(CCl)cnc1SCC(F)(F)F. The number of alkyl halides is 4. The molecule has 0 aliphatic heterocycles. The molecule has 0 saturated heterocycles. The molecule has 0 aliphatic carbocycles. The first kappa shape index (κ1) is 11.7. The minimum atomic E-state index is -4.17. The fourth-order valence-corrected chi connectivity index (χ4v) is 1.81. The van der Waals surface area contributed by atoms with E-state index in [0.717, 1.165) is 0 Å². The van der Waals surface area contributed by atoms with Crippen LogP contribution in [0.5, 0.6) is 0 Å².